The molecule has 17 nitrogen and oxygen atoms in total. The van der Waals surface area contributed by atoms with Gasteiger partial charge in [-0.05, 0) is 85.7 Å². The molecule has 7 rings (SSSR count). The van der Waals surface area contributed by atoms with Gasteiger partial charge in [0.05, 0.1) is 55.8 Å². The molecule has 3 heterocycles. The predicted molar refractivity (Wildman–Crippen MR) is 234 cm³/mol. The summed E-state index contributed by atoms with van der Waals surface area (Å²) in [5.74, 6) is 1.33. The fourth-order valence-corrected chi connectivity index (χ4v) is 7.93. The number of nitrogens with one attached hydrogen (secondary N) is 1. The van der Waals surface area contributed by atoms with Gasteiger partial charge in [-0.1, -0.05) is 65.9 Å². The number of aryl methyl sites for hydroxylation is 2. The summed E-state index contributed by atoms with van der Waals surface area (Å²) in [5, 5.41) is 29.7. The molecule has 1 aliphatic heterocycles. The topological polar surface area (TPSA) is 204 Å². The largest absolute Gasteiger partial charge is 0.497 e. The van der Waals surface area contributed by atoms with Crippen molar-refractivity contribution in [2.75, 3.05) is 34.2 Å². The molecule has 1 fully saturated rings. The molecular weight excluding hydrogens is 825 g/mol. The molecule has 0 saturated carbocycles. The third-order valence-electron chi connectivity index (χ3n) is 11.4. The monoisotopic (exact) mass is 876 g/mol. The summed E-state index contributed by atoms with van der Waals surface area (Å²) >= 11 is 0. The van der Waals surface area contributed by atoms with Crippen molar-refractivity contribution in [2.45, 2.75) is 76.2 Å². The minimum Gasteiger partial charge on any atom is -0.497 e. The lowest BCUT2D eigenvalue weighted by Gasteiger charge is -2.37. The first-order chi connectivity index (χ1) is 31.0. The average Bonchev–Trinajstić information content (AvgIpc) is 3.94. The zero-order chi connectivity index (χ0) is 45.2. The molecule has 336 valence electrons. The van der Waals surface area contributed by atoms with Gasteiger partial charge < -0.3 is 33.5 Å². The van der Waals surface area contributed by atoms with Gasteiger partial charge in [0.1, 0.15) is 36.2 Å². The number of aromatic nitrogens is 5. The molecule has 0 amide bonds. The summed E-state index contributed by atoms with van der Waals surface area (Å²) in [7, 11) is 3.20. The maximum atomic E-state index is 13.2. The van der Waals surface area contributed by atoms with Crippen LogP contribution in [0.15, 0.2) is 119 Å². The highest BCUT2D eigenvalue weighted by molar-refractivity contribution is 5.50. The molecule has 0 aliphatic carbocycles. The summed E-state index contributed by atoms with van der Waals surface area (Å²) in [4.78, 5) is 39.6. The van der Waals surface area contributed by atoms with Gasteiger partial charge in [-0.25, -0.2) is 9.48 Å². The number of rotatable bonds is 21. The van der Waals surface area contributed by atoms with Crippen molar-refractivity contribution in [2.24, 2.45) is 0 Å². The number of hydrogen-bond acceptors (Lipinski definition) is 13. The van der Waals surface area contributed by atoms with Crippen LogP contribution in [0.3, 0.4) is 0 Å². The number of hydrogen-bond donors (Lipinski definition) is 2. The summed E-state index contributed by atoms with van der Waals surface area (Å²) in [6, 6.07) is 29.8. The molecule has 2 N–H and O–H groups in total. The first kappa shape index (κ1) is 45.5. The highest BCUT2D eigenvalue weighted by Crippen LogP contribution is 2.43. The molecule has 64 heavy (non-hydrogen) atoms. The summed E-state index contributed by atoms with van der Waals surface area (Å²) in [6.45, 7) is 3.41. The number of nitrogens with zero attached hydrogens (tertiary/aromatic N) is 5. The van der Waals surface area contributed by atoms with Gasteiger partial charge >= 0.3 is 5.69 Å². The third-order valence-corrected chi connectivity index (χ3v) is 11.4. The van der Waals surface area contributed by atoms with E-state index in [2.05, 4.69) is 15.3 Å². The molecule has 0 radical (unpaired) electrons. The van der Waals surface area contributed by atoms with Gasteiger partial charge in [-0.15, -0.1) is 5.10 Å². The van der Waals surface area contributed by atoms with Crippen LogP contribution in [0, 0.1) is 17.0 Å². The van der Waals surface area contributed by atoms with Crippen LogP contribution in [-0.4, -0.2) is 81.0 Å². The van der Waals surface area contributed by atoms with Gasteiger partial charge in [0, 0.05) is 37.1 Å². The van der Waals surface area contributed by atoms with E-state index in [-0.39, 0.29) is 32.1 Å². The van der Waals surface area contributed by atoms with E-state index >= 15 is 0 Å². The zero-order valence-electron chi connectivity index (χ0n) is 36.1. The molecule has 17 heteroatoms. The fourth-order valence-electron chi connectivity index (χ4n) is 7.93. The number of H-pyrrole nitrogens is 1. The first-order valence-corrected chi connectivity index (χ1v) is 21.0. The lowest BCUT2D eigenvalue weighted by atomic mass is 9.80. The number of aromatic amines is 1. The Morgan fingerprint density at radius 1 is 0.938 bits per heavy atom. The molecule has 4 atom stereocenters. The van der Waals surface area contributed by atoms with E-state index in [1.165, 1.54) is 16.8 Å². The molecular formula is C47H52N6O11. The van der Waals surface area contributed by atoms with Gasteiger partial charge in [-0.2, -0.15) is 0 Å². The standard InChI is InChI=1S/C47H52N6O11/c1-31-26-52(46(56)48-45(31)55)44-25-42(62-30-61-32(2)40-24-33(13-22-41(40)53(57)58)27-51-28-37(49-50-51)12-8-9-23-54)43(64-44)29-63-47(34-10-6-5-7-11-34,35-14-18-38(59-3)19-15-35)36-16-20-39(60-4)21-17-36/h5-7,10-11,13-22,24,26,28,32,42-44,54H,8-9,12,23,25,27,29-30H2,1-4H3,(H,48,55,56)/t32?,42-,43+,44+/m0/s1. The smallest absolute Gasteiger partial charge is 0.330 e. The Bertz CT molecular complexity index is 2550. The Balaban J connectivity index is 1.16. The number of aliphatic hydroxyl groups is 1. The third kappa shape index (κ3) is 10.3. The quantitative estimate of drug-likeness (QED) is 0.0275. The zero-order valence-corrected chi connectivity index (χ0v) is 36.1. The van der Waals surface area contributed by atoms with Crippen LogP contribution >= 0.6 is 0 Å². The Kier molecular flexibility index (Phi) is 14.8. The molecule has 6 aromatic rings. The number of aliphatic hydroxyl groups excluding tert-OH is 1. The van der Waals surface area contributed by atoms with E-state index in [9.17, 15) is 19.7 Å². The van der Waals surface area contributed by atoms with Crippen molar-refractivity contribution in [1.82, 2.24) is 24.5 Å². The van der Waals surface area contributed by atoms with Crippen molar-refractivity contribution in [3.05, 3.63) is 179 Å². The van der Waals surface area contributed by atoms with E-state index < -0.39 is 46.3 Å². The number of nitro groups is 1. The maximum Gasteiger partial charge on any atom is 0.330 e. The Morgan fingerprint density at radius 3 is 2.25 bits per heavy atom. The van der Waals surface area contributed by atoms with E-state index in [0.29, 0.717) is 42.0 Å². The normalized spacial score (nSPS) is 16.7. The lowest BCUT2D eigenvalue weighted by molar-refractivity contribution is -0.386. The van der Waals surface area contributed by atoms with Gasteiger partial charge in [0.25, 0.3) is 11.2 Å². The predicted octanol–water partition coefficient (Wildman–Crippen LogP) is 6.14. The first-order valence-electron chi connectivity index (χ1n) is 21.0. The van der Waals surface area contributed by atoms with E-state index in [4.69, 9.17) is 33.5 Å². The minimum absolute atomic E-state index is 0.0420. The molecule has 0 spiro atoms. The van der Waals surface area contributed by atoms with E-state index in [0.717, 1.165) is 34.4 Å². The van der Waals surface area contributed by atoms with Crippen LogP contribution in [0.2, 0.25) is 0 Å². The fraction of sp³-hybridized carbons (Fsp3) is 0.362. The van der Waals surface area contributed by atoms with Crippen LogP contribution in [0.4, 0.5) is 5.69 Å². The number of ether oxygens (including phenoxy) is 6. The average molecular weight is 877 g/mol. The highest BCUT2D eigenvalue weighted by atomic mass is 16.7. The van der Waals surface area contributed by atoms with Crippen molar-refractivity contribution in [3.8, 4) is 11.5 Å². The maximum absolute atomic E-state index is 13.2. The Labute approximate surface area is 369 Å². The van der Waals surface area contributed by atoms with Crippen LogP contribution in [0.1, 0.15) is 77.6 Å². The Morgan fingerprint density at radius 2 is 1.61 bits per heavy atom. The van der Waals surface area contributed by atoms with Crippen molar-refractivity contribution >= 4 is 5.69 Å². The molecule has 1 unspecified atom stereocenters. The second-order valence-electron chi connectivity index (χ2n) is 15.5. The van der Waals surface area contributed by atoms with Crippen LogP contribution in [0.25, 0.3) is 0 Å². The number of methoxy groups -OCH3 is 2. The highest BCUT2D eigenvalue weighted by Gasteiger charge is 2.43. The van der Waals surface area contributed by atoms with Gasteiger partial charge in [-0.3, -0.25) is 24.5 Å². The number of unbranched alkanes of at least 4 members (excludes halogenated alkanes) is 1. The second kappa shape index (κ2) is 20.8. The van der Waals surface area contributed by atoms with Crippen molar-refractivity contribution < 1.29 is 38.5 Å². The molecule has 2 aromatic heterocycles. The van der Waals surface area contributed by atoms with Crippen LogP contribution < -0.4 is 20.7 Å². The molecule has 4 aromatic carbocycles. The number of benzene rings is 4. The van der Waals surface area contributed by atoms with Crippen molar-refractivity contribution in [3.63, 3.8) is 0 Å². The van der Waals surface area contributed by atoms with Gasteiger partial charge in [0.2, 0.25) is 0 Å². The van der Waals surface area contributed by atoms with Crippen LogP contribution in [0.5, 0.6) is 11.5 Å². The summed E-state index contributed by atoms with van der Waals surface area (Å²) in [5.41, 5.74) is 2.19. The summed E-state index contributed by atoms with van der Waals surface area (Å²) in [6.07, 6.45) is 2.46. The van der Waals surface area contributed by atoms with Crippen molar-refractivity contribution in [1.29, 1.82) is 0 Å². The lowest BCUT2D eigenvalue weighted by Crippen LogP contribution is -2.39. The SMILES string of the molecule is COc1ccc(C(OC[C@H]2O[C@@H](n3cc(C)c(=O)[nH]c3=O)C[C@@H]2OCOC(C)c2cc(Cn3cc(CCCCO)nn3)ccc2[N+](=O)[O-])(c2ccccc2)c2ccc(OC)cc2)cc1. The van der Waals surface area contributed by atoms with Gasteiger partial charge in [0.15, 0.2) is 0 Å². The minimum atomic E-state index is -1.19. The summed E-state index contributed by atoms with van der Waals surface area (Å²) < 4.78 is 40.3. The second-order valence-corrected chi connectivity index (χ2v) is 15.5. The molecule has 1 aliphatic rings. The van der Waals surface area contributed by atoms with Crippen LogP contribution in [-0.2, 0) is 37.5 Å². The Hall–Kier alpha value is -6.50. The molecule has 0 bridgehead atoms. The van der Waals surface area contributed by atoms with E-state index in [1.807, 2.05) is 85.1 Å². The van der Waals surface area contributed by atoms with E-state index in [1.54, 1.807) is 44.9 Å². The number of nitro benzene ring substituents is 1. The molecule has 1 saturated heterocycles.